The van der Waals surface area contributed by atoms with Gasteiger partial charge in [0.1, 0.15) is 0 Å². The molecule has 6 aromatic rings. The molecule has 3 heterocycles. The molecule has 1 N–H and O–H groups in total. The third-order valence-electron chi connectivity index (χ3n) is 8.52. The van der Waals surface area contributed by atoms with Crippen LogP contribution in [-0.2, 0) is 5.41 Å². The Balaban J connectivity index is 1.37. The monoisotopic (exact) mass is 532 g/mol. The van der Waals surface area contributed by atoms with Crippen LogP contribution in [0.3, 0.4) is 0 Å². The Labute approximate surface area is 238 Å². The predicted molar refractivity (Wildman–Crippen MR) is 170 cm³/mol. The predicted octanol–water partition coefficient (Wildman–Crippen LogP) is 9.95. The van der Waals surface area contributed by atoms with E-state index in [9.17, 15) is 0 Å². The Morgan fingerprint density at radius 1 is 0.750 bits per heavy atom. The zero-order valence-corrected chi connectivity index (χ0v) is 23.3. The number of nitrogens with one attached hydrogen (secondary N) is 1. The SMILES string of the molecule is CC1(C)c2ccccc2Sc2ccc(-c3ccc4ccccc4c3-c3ccc4ccc5c(c4n3)NCC=C5)cc21. The highest BCUT2D eigenvalue weighted by Gasteiger charge is 2.33. The van der Waals surface area contributed by atoms with Crippen molar-refractivity contribution in [3.8, 4) is 22.4 Å². The second-order valence-electron chi connectivity index (χ2n) is 11.2. The van der Waals surface area contributed by atoms with Gasteiger partial charge in [-0.25, -0.2) is 4.98 Å². The van der Waals surface area contributed by atoms with Crippen LogP contribution in [0.2, 0.25) is 0 Å². The third kappa shape index (κ3) is 3.54. The summed E-state index contributed by atoms with van der Waals surface area (Å²) >= 11 is 1.88. The molecule has 0 atom stereocenters. The van der Waals surface area contributed by atoms with E-state index in [0.29, 0.717) is 0 Å². The summed E-state index contributed by atoms with van der Waals surface area (Å²) in [6.07, 6.45) is 4.35. The van der Waals surface area contributed by atoms with Gasteiger partial charge in [-0.3, -0.25) is 0 Å². The van der Waals surface area contributed by atoms with Gasteiger partial charge in [0, 0.05) is 32.7 Å². The molecule has 0 bridgehead atoms. The maximum atomic E-state index is 5.34. The highest BCUT2D eigenvalue weighted by atomic mass is 32.2. The number of fused-ring (bicyclic) bond motifs is 6. The van der Waals surface area contributed by atoms with Gasteiger partial charge in [-0.2, -0.15) is 0 Å². The summed E-state index contributed by atoms with van der Waals surface area (Å²) in [5.41, 5.74) is 10.7. The van der Waals surface area contributed by atoms with Crippen LogP contribution in [0.15, 0.2) is 119 Å². The zero-order valence-electron chi connectivity index (χ0n) is 22.5. The van der Waals surface area contributed by atoms with Gasteiger partial charge in [0.25, 0.3) is 0 Å². The van der Waals surface area contributed by atoms with Crippen LogP contribution >= 0.6 is 11.8 Å². The molecule has 8 rings (SSSR count). The van der Waals surface area contributed by atoms with E-state index < -0.39 is 0 Å². The smallest absolute Gasteiger partial charge is 0.0947 e. The van der Waals surface area contributed by atoms with Crippen LogP contribution in [-0.4, -0.2) is 11.5 Å². The second-order valence-corrected chi connectivity index (χ2v) is 12.3. The standard InChI is InChI=1S/C37H28N2S/c1-37(2)29-11-5-6-12-32(29)40-33-20-17-26(22-30(33)37)28-18-15-23-8-3-4-10-27(23)34(28)31-19-16-25-14-13-24-9-7-21-38-35(24)36(25)39-31/h3-20,22,38H,21H2,1-2H3. The van der Waals surface area contributed by atoms with Crippen molar-refractivity contribution in [3.05, 3.63) is 126 Å². The van der Waals surface area contributed by atoms with Crippen molar-refractivity contribution < 1.29 is 0 Å². The Hall–Kier alpha value is -4.34. The van der Waals surface area contributed by atoms with Crippen molar-refractivity contribution in [1.29, 1.82) is 0 Å². The van der Waals surface area contributed by atoms with Crippen molar-refractivity contribution in [2.75, 3.05) is 11.9 Å². The van der Waals surface area contributed by atoms with Crippen LogP contribution in [0.5, 0.6) is 0 Å². The summed E-state index contributed by atoms with van der Waals surface area (Å²) in [6, 6.07) is 37.8. The lowest BCUT2D eigenvalue weighted by molar-refractivity contribution is 0.607. The first-order valence-corrected chi connectivity index (χ1v) is 14.7. The Morgan fingerprint density at radius 3 is 2.50 bits per heavy atom. The van der Waals surface area contributed by atoms with E-state index >= 15 is 0 Å². The lowest BCUT2D eigenvalue weighted by Crippen LogP contribution is -2.23. The normalized spacial score (nSPS) is 14.8. The molecule has 3 heteroatoms. The molecule has 0 fully saturated rings. The lowest BCUT2D eigenvalue weighted by atomic mass is 9.76. The number of rotatable bonds is 2. The number of hydrogen-bond acceptors (Lipinski definition) is 3. The molecular weight excluding hydrogens is 504 g/mol. The maximum Gasteiger partial charge on any atom is 0.0947 e. The molecule has 2 nitrogen and oxygen atoms in total. The molecular formula is C37H28N2S. The minimum Gasteiger partial charge on any atom is -0.379 e. The fourth-order valence-electron chi connectivity index (χ4n) is 6.41. The number of anilines is 1. The van der Waals surface area contributed by atoms with Gasteiger partial charge in [0.05, 0.1) is 16.9 Å². The van der Waals surface area contributed by atoms with Crippen LogP contribution in [0.25, 0.3) is 50.1 Å². The van der Waals surface area contributed by atoms with E-state index in [-0.39, 0.29) is 5.41 Å². The quantitative estimate of drug-likeness (QED) is 0.240. The van der Waals surface area contributed by atoms with Crippen molar-refractivity contribution in [2.45, 2.75) is 29.1 Å². The third-order valence-corrected chi connectivity index (χ3v) is 9.67. The molecule has 2 aliphatic rings. The molecule has 0 aliphatic carbocycles. The average Bonchev–Trinajstić information content (AvgIpc) is 3.00. The Bertz CT molecular complexity index is 2020. The lowest BCUT2D eigenvalue weighted by Gasteiger charge is -2.35. The van der Waals surface area contributed by atoms with Crippen LogP contribution < -0.4 is 5.32 Å². The molecule has 0 spiro atoms. The van der Waals surface area contributed by atoms with E-state index in [1.54, 1.807) is 0 Å². The number of hydrogen-bond donors (Lipinski definition) is 1. The largest absolute Gasteiger partial charge is 0.379 e. The average molecular weight is 533 g/mol. The molecule has 0 radical (unpaired) electrons. The summed E-state index contributed by atoms with van der Waals surface area (Å²) in [4.78, 5) is 8.03. The van der Waals surface area contributed by atoms with Crippen molar-refractivity contribution in [2.24, 2.45) is 0 Å². The van der Waals surface area contributed by atoms with E-state index in [0.717, 1.165) is 28.8 Å². The van der Waals surface area contributed by atoms with Gasteiger partial charge < -0.3 is 5.32 Å². The number of nitrogens with zero attached hydrogens (tertiary/aromatic N) is 1. The van der Waals surface area contributed by atoms with Crippen LogP contribution in [0, 0.1) is 0 Å². The van der Waals surface area contributed by atoms with Gasteiger partial charge in [0.2, 0.25) is 0 Å². The number of aromatic nitrogens is 1. The summed E-state index contributed by atoms with van der Waals surface area (Å²) in [6.45, 7) is 5.53. The van der Waals surface area contributed by atoms with E-state index in [4.69, 9.17) is 4.98 Å². The first kappa shape index (κ1) is 23.5. The fraction of sp³-hybridized carbons (Fsp3) is 0.108. The van der Waals surface area contributed by atoms with Crippen molar-refractivity contribution >= 4 is 45.2 Å². The Morgan fingerprint density at radius 2 is 1.55 bits per heavy atom. The van der Waals surface area contributed by atoms with Gasteiger partial charge in [-0.05, 0) is 62.9 Å². The van der Waals surface area contributed by atoms with Gasteiger partial charge in [-0.15, -0.1) is 0 Å². The molecule has 0 saturated heterocycles. The van der Waals surface area contributed by atoms with E-state index in [2.05, 4.69) is 134 Å². The highest BCUT2D eigenvalue weighted by Crippen LogP contribution is 2.50. The van der Waals surface area contributed by atoms with E-state index in [1.165, 1.54) is 53.9 Å². The minimum absolute atomic E-state index is 0.0797. The summed E-state index contributed by atoms with van der Waals surface area (Å²) < 4.78 is 0. The highest BCUT2D eigenvalue weighted by molar-refractivity contribution is 7.99. The van der Waals surface area contributed by atoms with Crippen LogP contribution in [0.4, 0.5) is 5.69 Å². The molecule has 192 valence electrons. The molecule has 0 unspecified atom stereocenters. The number of pyridine rings is 1. The van der Waals surface area contributed by atoms with E-state index in [1.807, 2.05) is 11.8 Å². The summed E-state index contributed by atoms with van der Waals surface area (Å²) in [5, 5.41) is 7.17. The topological polar surface area (TPSA) is 24.9 Å². The van der Waals surface area contributed by atoms with Gasteiger partial charge >= 0.3 is 0 Å². The van der Waals surface area contributed by atoms with Gasteiger partial charge in [0.15, 0.2) is 0 Å². The summed E-state index contributed by atoms with van der Waals surface area (Å²) in [5.74, 6) is 0. The molecule has 0 saturated carbocycles. The first-order chi connectivity index (χ1) is 19.6. The van der Waals surface area contributed by atoms with Crippen LogP contribution in [0.1, 0.15) is 30.5 Å². The second kappa shape index (κ2) is 8.84. The molecule has 40 heavy (non-hydrogen) atoms. The zero-order chi connectivity index (χ0) is 26.8. The molecule has 0 amide bonds. The summed E-state index contributed by atoms with van der Waals surface area (Å²) in [7, 11) is 0. The fourth-order valence-corrected chi connectivity index (χ4v) is 7.79. The minimum atomic E-state index is -0.0797. The van der Waals surface area contributed by atoms with Crippen molar-refractivity contribution in [3.63, 3.8) is 0 Å². The first-order valence-electron chi connectivity index (χ1n) is 13.9. The molecule has 2 aliphatic heterocycles. The molecule has 1 aromatic heterocycles. The number of benzene rings is 5. The maximum absolute atomic E-state index is 5.34. The Kier molecular flexibility index (Phi) is 5.20. The molecule has 5 aromatic carbocycles. The van der Waals surface area contributed by atoms with Crippen molar-refractivity contribution in [1.82, 2.24) is 4.98 Å². The van der Waals surface area contributed by atoms with Gasteiger partial charge in [-0.1, -0.05) is 117 Å².